The molecule has 0 saturated heterocycles. The molecule has 2 N–H and O–H groups in total. The summed E-state index contributed by atoms with van der Waals surface area (Å²) in [6, 6.07) is 15.8. The highest BCUT2D eigenvalue weighted by molar-refractivity contribution is 8.04. The number of hydrogen-bond acceptors (Lipinski definition) is 6. The molecule has 3 aromatic rings. The average Bonchev–Trinajstić information content (AvgIpc) is 3.16. The van der Waals surface area contributed by atoms with Gasteiger partial charge in [0.05, 0.1) is 0 Å². The fraction of sp³-hybridized carbons (Fsp3) is 0.0526. The number of thioether (sulfide) groups is 1. The van der Waals surface area contributed by atoms with Crippen molar-refractivity contribution in [2.24, 2.45) is 0 Å². The van der Waals surface area contributed by atoms with Crippen LogP contribution in [0.5, 0.6) is 5.75 Å². The van der Waals surface area contributed by atoms with Crippen LogP contribution in [0.4, 0.5) is 0 Å². The second kappa shape index (κ2) is 9.08. The van der Waals surface area contributed by atoms with Crippen LogP contribution in [0.1, 0.15) is 5.56 Å². The van der Waals surface area contributed by atoms with E-state index in [2.05, 4.69) is 15.2 Å². The maximum Gasteiger partial charge on any atom is 0.342 e. The summed E-state index contributed by atoms with van der Waals surface area (Å²) in [6.07, 6.45) is 1.46. The Balaban J connectivity index is 1.85. The van der Waals surface area contributed by atoms with Crippen LogP contribution in [-0.4, -0.2) is 32.9 Å². The summed E-state index contributed by atoms with van der Waals surface area (Å²) in [6.45, 7) is -0.133. The molecule has 28 heavy (non-hydrogen) atoms. The van der Waals surface area contributed by atoms with E-state index in [1.165, 1.54) is 6.08 Å². The molecule has 0 spiro atoms. The molecule has 1 aromatic heterocycles. The second-order valence-electron chi connectivity index (χ2n) is 5.37. The number of aromatic amines is 1. The van der Waals surface area contributed by atoms with Gasteiger partial charge in [-0.05, 0) is 48.2 Å². The third-order valence-corrected chi connectivity index (χ3v) is 4.62. The largest absolute Gasteiger partial charge is 0.478 e. The van der Waals surface area contributed by atoms with Crippen molar-refractivity contribution < 1.29 is 14.6 Å². The summed E-state index contributed by atoms with van der Waals surface area (Å²) in [5, 5.41) is 25.9. The van der Waals surface area contributed by atoms with Crippen LogP contribution < -0.4 is 4.74 Å². The Bertz CT molecular complexity index is 1060. The zero-order valence-corrected chi connectivity index (χ0v) is 15.9. The molecule has 0 atom stereocenters. The summed E-state index contributed by atoms with van der Waals surface area (Å²) in [5.74, 6) is -0.208. The smallest absolute Gasteiger partial charge is 0.342 e. The van der Waals surface area contributed by atoms with Crippen molar-refractivity contribution in [2.75, 3.05) is 6.61 Å². The number of para-hydroxylation sites is 1. The van der Waals surface area contributed by atoms with Crippen molar-refractivity contribution >= 4 is 35.4 Å². The highest BCUT2D eigenvalue weighted by Crippen LogP contribution is 2.30. The van der Waals surface area contributed by atoms with Crippen molar-refractivity contribution in [2.45, 2.75) is 5.16 Å². The SMILES string of the molecule is N#CCOc1ccccc1/C=C(\Sc1n[nH]c(-c2ccc(Cl)cc2)n1)C(=O)O. The number of nitrogens with one attached hydrogen (secondary N) is 1. The molecule has 0 aliphatic rings. The van der Waals surface area contributed by atoms with Crippen LogP contribution >= 0.6 is 23.4 Å². The number of carboxylic acids is 1. The Morgan fingerprint density at radius 1 is 1.29 bits per heavy atom. The maximum atomic E-state index is 11.7. The Morgan fingerprint density at radius 3 is 2.75 bits per heavy atom. The molecule has 0 aliphatic heterocycles. The predicted octanol–water partition coefficient (Wildman–Crippen LogP) is 4.25. The number of carboxylic acid groups (broad SMARTS) is 1. The van der Waals surface area contributed by atoms with E-state index in [0.29, 0.717) is 22.2 Å². The third-order valence-electron chi connectivity index (χ3n) is 3.49. The minimum Gasteiger partial charge on any atom is -0.478 e. The molecule has 0 amide bonds. The van der Waals surface area contributed by atoms with E-state index in [-0.39, 0.29) is 16.7 Å². The van der Waals surface area contributed by atoms with E-state index in [1.54, 1.807) is 48.5 Å². The summed E-state index contributed by atoms with van der Waals surface area (Å²) in [7, 11) is 0. The number of nitrogens with zero attached hydrogens (tertiary/aromatic N) is 3. The standard InChI is InChI=1S/C19H13ClN4O3S/c20-14-7-5-12(6-8-14)17-22-19(24-23-17)28-16(18(25)26)11-13-3-1-2-4-15(13)27-10-9-21/h1-8,11H,10H2,(H,25,26)(H,22,23,24)/b16-11-. The summed E-state index contributed by atoms with van der Waals surface area (Å²) < 4.78 is 5.33. The molecule has 0 unspecified atom stereocenters. The molecular formula is C19H13ClN4O3S. The lowest BCUT2D eigenvalue weighted by atomic mass is 10.2. The van der Waals surface area contributed by atoms with Gasteiger partial charge in [-0.2, -0.15) is 5.26 Å². The molecule has 7 nitrogen and oxygen atoms in total. The molecule has 0 bridgehead atoms. The Hall–Kier alpha value is -3.28. The Kier molecular flexibility index (Phi) is 6.32. The minimum absolute atomic E-state index is 0.00895. The minimum atomic E-state index is -1.13. The Morgan fingerprint density at radius 2 is 2.04 bits per heavy atom. The predicted molar refractivity (Wildman–Crippen MR) is 106 cm³/mol. The molecule has 1 heterocycles. The normalized spacial score (nSPS) is 11.1. The number of carbonyl (C=O) groups is 1. The summed E-state index contributed by atoms with van der Waals surface area (Å²) >= 11 is 6.78. The highest BCUT2D eigenvalue weighted by atomic mass is 35.5. The van der Waals surface area contributed by atoms with Crippen LogP contribution in [0.2, 0.25) is 5.02 Å². The average molecular weight is 413 g/mol. The van der Waals surface area contributed by atoms with Crippen LogP contribution in [0.25, 0.3) is 17.5 Å². The van der Waals surface area contributed by atoms with Gasteiger partial charge in [-0.1, -0.05) is 29.8 Å². The van der Waals surface area contributed by atoms with Gasteiger partial charge in [0.25, 0.3) is 0 Å². The maximum absolute atomic E-state index is 11.7. The number of nitriles is 1. The first-order valence-electron chi connectivity index (χ1n) is 7.97. The van der Waals surface area contributed by atoms with Gasteiger partial charge in [-0.3, -0.25) is 5.10 Å². The van der Waals surface area contributed by atoms with Crippen molar-refractivity contribution in [1.29, 1.82) is 5.26 Å². The second-order valence-corrected chi connectivity index (χ2v) is 6.82. The summed E-state index contributed by atoms with van der Waals surface area (Å²) in [5.41, 5.74) is 1.32. The van der Waals surface area contributed by atoms with Gasteiger partial charge in [0.2, 0.25) is 5.16 Å². The van der Waals surface area contributed by atoms with Gasteiger partial charge in [0, 0.05) is 16.1 Å². The zero-order valence-electron chi connectivity index (χ0n) is 14.3. The molecule has 0 radical (unpaired) electrons. The first-order chi connectivity index (χ1) is 13.6. The molecular weight excluding hydrogens is 400 g/mol. The van der Waals surface area contributed by atoms with Gasteiger partial charge in [0.15, 0.2) is 12.4 Å². The lowest BCUT2D eigenvalue weighted by Crippen LogP contribution is -1.99. The number of hydrogen-bond donors (Lipinski definition) is 2. The van der Waals surface area contributed by atoms with Crippen LogP contribution in [0, 0.1) is 11.3 Å². The molecule has 0 saturated carbocycles. The molecule has 140 valence electrons. The monoisotopic (exact) mass is 412 g/mol. The van der Waals surface area contributed by atoms with E-state index in [4.69, 9.17) is 21.6 Å². The lowest BCUT2D eigenvalue weighted by Gasteiger charge is -2.06. The van der Waals surface area contributed by atoms with Crippen molar-refractivity contribution in [3.8, 4) is 23.2 Å². The highest BCUT2D eigenvalue weighted by Gasteiger charge is 2.15. The number of rotatable bonds is 7. The van der Waals surface area contributed by atoms with Gasteiger partial charge in [-0.25, -0.2) is 9.78 Å². The van der Waals surface area contributed by atoms with Crippen LogP contribution in [-0.2, 0) is 4.79 Å². The number of benzene rings is 2. The van der Waals surface area contributed by atoms with E-state index in [0.717, 1.165) is 17.3 Å². The molecule has 9 heteroatoms. The van der Waals surface area contributed by atoms with E-state index < -0.39 is 5.97 Å². The quantitative estimate of drug-likeness (QED) is 0.440. The van der Waals surface area contributed by atoms with Gasteiger partial charge in [-0.15, -0.1) is 5.10 Å². The number of H-pyrrole nitrogens is 1. The Labute approximate surface area is 169 Å². The molecule has 0 aliphatic carbocycles. The van der Waals surface area contributed by atoms with Crippen molar-refractivity contribution in [3.05, 3.63) is 64.0 Å². The first kappa shape index (κ1) is 19.5. The van der Waals surface area contributed by atoms with Crippen molar-refractivity contribution in [1.82, 2.24) is 15.2 Å². The fourth-order valence-corrected chi connectivity index (χ4v) is 3.07. The van der Waals surface area contributed by atoms with Crippen molar-refractivity contribution in [3.63, 3.8) is 0 Å². The van der Waals surface area contributed by atoms with Gasteiger partial charge < -0.3 is 9.84 Å². The molecule has 0 fully saturated rings. The lowest BCUT2D eigenvalue weighted by molar-refractivity contribution is -0.131. The topological polar surface area (TPSA) is 112 Å². The van der Waals surface area contributed by atoms with E-state index in [9.17, 15) is 9.90 Å². The van der Waals surface area contributed by atoms with Gasteiger partial charge >= 0.3 is 5.97 Å². The number of aliphatic carboxylic acids is 1. The third kappa shape index (κ3) is 4.91. The first-order valence-corrected chi connectivity index (χ1v) is 9.16. The number of halogens is 1. The number of ether oxygens (including phenoxy) is 1. The van der Waals surface area contributed by atoms with Gasteiger partial charge in [0.1, 0.15) is 16.7 Å². The summed E-state index contributed by atoms with van der Waals surface area (Å²) in [4.78, 5) is 16.0. The fourth-order valence-electron chi connectivity index (χ4n) is 2.24. The van der Waals surface area contributed by atoms with Crippen LogP contribution in [0.15, 0.2) is 58.6 Å². The number of aromatic nitrogens is 3. The zero-order chi connectivity index (χ0) is 19.9. The van der Waals surface area contributed by atoms with E-state index >= 15 is 0 Å². The molecule has 3 rings (SSSR count). The molecule has 2 aromatic carbocycles. The van der Waals surface area contributed by atoms with E-state index in [1.807, 2.05) is 6.07 Å². The van der Waals surface area contributed by atoms with Crippen LogP contribution in [0.3, 0.4) is 0 Å².